The second-order valence-corrected chi connectivity index (χ2v) is 6.08. The molecule has 1 aromatic carbocycles. The molecule has 1 aliphatic heterocycles. The fraction of sp³-hybridized carbons (Fsp3) is 0.412. The Morgan fingerprint density at radius 3 is 2.83 bits per heavy atom. The van der Waals surface area contributed by atoms with Crippen LogP contribution in [0.1, 0.15) is 24.2 Å². The van der Waals surface area contributed by atoms with Crippen LogP contribution in [-0.2, 0) is 16.1 Å². The smallest absolute Gasteiger partial charge is 0.240 e. The lowest BCUT2D eigenvalue weighted by molar-refractivity contribution is -0.129. The molecule has 7 heteroatoms. The predicted molar refractivity (Wildman–Crippen MR) is 87.1 cm³/mol. The zero-order valence-corrected chi connectivity index (χ0v) is 13.6. The number of nitrogens with zero attached hydrogens (tertiary/aromatic N) is 2. The first kappa shape index (κ1) is 16.6. The first-order chi connectivity index (χ1) is 11.5. The van der Waals surface area contributed by atoms with Gasteiger partial charge < -0.3 is 20.4 Å². The van der Waals surface area contributed by atoms with Crippen molar-refractivity contribution in [3.05, 3.63) is 47.8 Å². The highest BCUT2D eigenvalue weighted by Crippen LogP contribution is 2.19. The topological polar surface area (TPSA) is 82.2 Å². The lowest BCUT2D eigenvalue weighted by Crippen LogP contribution is -2.56. The van der Waals surface area contributed by atoms with E-state index in [1.165, 1.54) is 6.07 Å². The van der Waals surface area contributed by atoms with Gasteiger partial charge in [-0.05, 0) is 37.5 Å². The van der Waals surface area contributed by atoms with Gasteiger partial charge in [-0.1, -0.05) is 6.07 Å². The van der Waals surface area contributed by atoms with Gasteiger partial charge in [-0.2, -0.15) is 0 Å². The minimum Gasteiger partial charge on any atom is -0.381 e. The fourth-order valence-electron chi connectivity index (χ4n) is 2.81. The van der Waals surface area contributed by atoms with E-state index in [1.807, 2.05) is 6.92 Å². The number of benzene rings is 1. The molecule has 3 N–H and O–H groups in total. The van der Waals surface area contributed by atoms with E-state index in [4.69, 9.17) is 10.5 Å². The summed E-state index contributed by atoms with van der Waals surface area (Å²) in [5.74, 6) is 0.122. The molecule has 0 atom stereocenters. The van der Waals surface area contributed by atoms with Gasteiger partial charge in [-0.25, -0.2) is 9.37 Å². The van der Waals surface area contributed by atoms with Gasteiger partial charge in [-0.3, -0.25) is 4.79 Å². The van der Waals surface area contributed by atoms with Crippen molar-refractivity contribution in [2.45, 2.75) is 31.8 Å². The van der Waals surface area contributed by atoms with E-state index in [9.17, 15) is 9.18 Å². The van der Waals surface area contributed by atoms with E-state index in [1.54, 1.807) is 29.1 Å². The number of halogens is 1. The highest BCUT2D eigenvalue weighted by molar-refractivity contribution is 5.86. The predicted octanol–water partition coefficient (Wildman–Crippen LogP) is 1.44. The Bertz CT molecular complexity index is 738. The number of nitrogens with one attached hydrogen (secondary N) is 1. The van der Waals surface area contributed by atoms with E-state index in [0.29, 0.717) is 43.1 Å². The highest BCUT2D eigenvalue weighted by atomic mass is 19.1. The summed E-state index contributed by atoms with van der Waals surface area (Å²) in [6.45, 7) is 3.01. The summed E-state index contributed by atoms with van der Waals surface area (Å²) in [6.07, 6.45) is 4.31. The molecule has 0 aliphatic carbocycles. The molecule has 24 heavy (non-hydrogen) atoms. The van der Waals surface area contributed by atoms with E-state index >= 15 is 0 Å². The Balaban J connectivity index is 1.67. The monoisotopic (exact) mass is 332 g/mol. The van der Waals surface area contributed by atoms with Gasteiger partial charge in [0.1, 0.15) is 11.6 Å². The number of carbonyl (C=O) groups is 1. The third-order valence-electron chi connectivity index (χ3n) is 4.39. The second-order valence-electron chi connectivity index (χ2n) is 6.08. The van der Waals surface area contributed by atoms with Crippen LogP contribution >= 0.6 is 0 Å². The Kier molecular flexibility index (Phi) is 4.64. The molecule has 1 saturated heterocycles. The molecule has 1 amide bonds. The van der Waals surface area contributed by atoms with Crippen molar-refractivity contribution in [2.75, 3.05) is 13.2 Å². The van der Waals surface area contributed by atoms with E-state index < -0.39 is 5.54 Å². The van der Waals surface area contributed by atoms with Crippen molar-refractivity contribution in [3.63, 3.8) is 0 Å². The molecule has 0 unspecified atom stereocenters. The van der Waals surface area contributed by atoms with Gasteiger partial charge in [0.15, 0.2) is 0 Å². The number of rotatable bonds is 4. The molecule has 128 valence electrons. The Labute approximate surface area is 139 Å². The molecule has 1 fully saturated rings. The maximum atomic E-state index is 14.3. The molecule has 1 aromatic heterocycles. The summed E-state index contributed by atoms with van der Waals surface area (Å²) in [7, 11) is 0. The summed E-state index contributed by atoms with van der Waals surface area (Å²) in [5, 5.41) is 2.80. The van der Waals surface area contributed by atoms with Crippen molar-refractivity contribution >= 4 is 5.91 Å². The normalized spacial score (nSPS) is 16.8. The van der Waals surface area contributed by atoms with Gasteiger partial charge >= 0.3 is 0 Å². The van der Waals surface area contributed by atoms with Crippen molar-refractivity contribution in [1.29, 1.82) is 0 Å². The van der Waals surface area contributed by atoms with Crippen molar-refractivity contribution in [3.8, 4) is 5.69 Å². The van der Waals surface area contributed by atoms with Gasteiger partial charge in [0.05, 0.1) is 11.2 Å². The molecule has 6 nitrogen and oxygen atoms in total. The highest BCUT2D eigenvalue weighted by Gasteiger charge is 2.35. The van der Waals surface area contributed by atoms with Gasteiger partial charge in [0.25, 0.3) is 0 Å². The van der Waals surface area contributed by atoms with Crippen LogP contribution in [0.3, 0.4) is 0 Å². The Morgan fingerprint density at radius 1 is 1.46 bits per heavy atom. The van der Waals surface area contributed by atoms with Gasteiger partial charge in [0, 0.05) is 32.2 Å². The van der Waals surface area contributed by atoms with E-state index in [-0.39, 0.29) is 18.3 Å². The SMILES string of the molecule is Cc1nccn1-c1ccc(CNC(=O)C2(N)CCOCC2)cc1F. The summed E-state index contributed by atoms with van der Waals surface area (Å²) < 4.78 is 21.3. The number of aryl methyl sites for hydroxylation is 1. The zero-order chi connectivity index (χ0) is 17.2. The number of hydrogen-bond donors (Lipinski definition) is 2. The largest absolute Gasteiger partial charge is 0.381 e. The van der Waals surface area contributed by atoms with Crippen LogP contribution in [0, 0.1) is 12.7 Å². The van der Waals surface area contributed by atoms with Crippen molar-refractivity contribution in [2.24, 2.45) is 5.73 Å². The average molecular weight is 332 g/mol. The molecule has 0 spiro atoms. The Morgan fingerprint density at radius 2 is 2.21 bits per heavy atom. The van der Waals surface area contributed by atoms with Crippen LogP contribution in [-0.4, -0.2) is 34.2 Å². The molecular formula is C17H21FN4O2. The van der Waals surface area contributed by atoms with Crippen LogP contribution in [0.2, 0.25) is 0 Å². The molecule has 2 heterocycles. The summed E-state index contributed by atoms with van der Waals surface area (Å²) in [5.41, 5.74) is 6.34. The maximum Gasteiger partial charge on any atom is 0.240 e. The lowest BCUT2D eigenvalue weighted by atomic mass is 9.90. The lowest BCUT2D eigenvalue weighted by Gasteiger charge is -2.31. The Hall–Kier alpha value is -2.25. The minimum absolute atomic E-state index is 0.222. The molecule has 1 aliphatic rings. The average Bonchev–Trinajstić information content (AvgIpc) is 2.99. The third-order valence-corrected chi connectivity index (χ3v) is 4.39. The summed E-state index contributed by atoms with van der Waals surface area (Å²) in [4.78, 5) is 16.4. The third kappa shape index (κ3) is 3.32. The summed E-state index contributed by atoms with van der Waals surface area (Å²) >= 11 is 0. The zero-order valence-electron chi connectivity index (χ0n) is 13.6. The molecule has 0 bridgehead atoms. The second kappa shape index (κ2) is 6.70. The standard InChI is InChI=1S/C17H21FN4O2/c1-12-20-6-7-22(12)15-3-2-13(10-14(15)18)11-21-16(23)17(19)4-8-24-9-5-17/h2-3,6-7,10H,4-5,8-9,11,19H2,1H3,(H,21,23). The minimum atomic E-state index is -0.898. The van der Waals surface area contributed by atoms with Gasteiger partial charge in [-0.15, -0.1) is 0 Å². The quantitative estimate of drug-likeness (QED) is 0.888. The molecule has 2 aromatic rings. The maximum absolute atomic E-state index is 14.3. The van der Waals surface area contributed by atoms with Crippen molar-refractivity contribution in [1.82, 2.24) is 14.9 Å². The molecule has 0 radical (unpaired) electrons. The summed E-state index contributed by atoms with van der Waals surface area (Å²) in [6, 6.07) is 4.88. The number of hydrogen-bond acceptors (Lipinski definition) is 4. The van der Waals surface area contributed by atoms with Crippen LogP contribution in [0.15, 0.2) is 30.6 Å². The molecule has 0 saturated carbocycles. The number of aromatic nitrogens is 2. The number of nitrogens with two attached hydrogens (primary N) is 1. The van der Waals surface area contributed by atoms with Crippen LogP contribution < -0.4 is 11.1 Å². The number of imidazole rings is 1. The fourth-order valence-corrected chi connectivity index (χ4v) is 2.81. The first-order valence-electron chi connectivity index (χ1n) is 7.93. The number of amides is 1. The van der Waals surface area contributed by atoms with Crippen LogP contribution in [0.4, 0.5) is 4.39 Å². The van der Waals surface area contributed by atoms with Gasteiger partial charge in [0.2, 0.25) is 5.91 Å². The van der Waals surface area contributed by atoms with Crippen LogP contribution in [0.5, 0.6) is 0 Å². The van der Waals surface area contributed by atoms with E-state index in [0.717, 1.165) is 0 Å². The van der Waals surface area contributed by atoms with Crippen molar-refractivity contribution < 1.29 is 13.9 Å². The molecular weight excluding hydrogens is 311 g/mol. The van der Waals surface area contributed by atoms with E-state index in [2.05, 4.69) is 10.3 Å². The number of carbonyl (C=O) groups excluding carboxylic acids is 1. The number of ether oxygens (including phenoxy) is 1. The first-order valence-corrected chi connectivity index (χ1v) is 7.93. The molecule has 3 rings (SSSR count). The van der Waals surface area contributed by atoms with Crippen LogP contribution in [0.25, 0.3) is 5.69 Å².